The number of carbonyl (C=O) groups is 1. The third-order valence-corrected chi connectivity index (χ3v) is 4.52. The molecule has 1 heterocycles. The Hall–Kier alpha value is -2.00. The molecule has 0 aromatic heterocycles. The lowest BCUT2D eigenvalue weighted by atomic mass is 9.89. The van der Waals surface area contributed by atoms with Crippen LogP contribution in [0.15, 0.2) is 54.6 Å². The summed E-state index contributed by atoms with van der Waals surface area (Å²) >= 11 is 5.62. The Kier molecular flexibility index (Phi) is 5.19. The number of piperidine rings is 1. The van der Waals surface area contributed by atoms with Gasteiger partial charge in [0.15, 0.2) is 0 Å². The van der Waals surface area contributed by atoms with E-state index in [1.165, 1.54) is 5.56 Å². The van der Waals surface area contributed by atoms with Crippen LogP contribution in [0.5, 0.6) is 11.5 Å². The topological polar surface area (TPSA) is 29.5 Å². The van der Waals surface area contributed by atoms with Crippen LogP contribution in [-0.4, -0.2) is 29.8 Å². The summed E-state index contributed by atoms with van der Waals surface area (Å²) < 4.78 is 5.82. The van der Waals surface area contributed by atoms with Gasteiger partial charge >= 0.3 is 0 Å². The molecule has 3 rings (SSSR count). The molecule has 0 atom stereocenters. The molecule has 1 aliphatic heterocycles. The van der Waals surface area contributed by atoms with Crippen LogP contribution in [0.25, 0.3) is 0 Å². The molecule has 0 N–H and O–H groups in total. The fourth-order valence-electron chi connectivity index (χ4n) is 2.98. The minimum absolute atomic E-state index is 0.0386. The normalized spacial score (nSPS) is 15.4. The van der Waals surface area contributed by atoms with Crippen molar-refractivity contribution in [2.45, 2.75) is 18.8 Å². The number of benzene rings is 2. The average Bonchev–Trinajstić information content (AvgIpc) is 2.63. The van der Waals surface area contributed by atoms with Gasteiger partial charge in [-0.05, 0) is 48.6 Å². The number of alkyl halides is 1. The molecule has 0 saturated carbocycles. The van der Waals surface area contributed by atoms with Gasteiger partial charge in [0.05, 0.1) is 0 Å². The van der Waals surface area contributed by atoms with Crippen LogP contribution in [0.1, 0.15) is 24.3 Å². The van der Waals surface area contributed by atoms with Gasteiger partial charge in [0.1, 0.15) is 17.4 Å². The van der Waals surface area contributed by atoms with E-state index in [1.807, 2.05) is 47.4 Å². The monoisotopic (exact) mass is 329 g/mol. The fraction of sp³-hybridized carbons (Fsp3) is 0.316. The maximum atomic E-state index is 11.6. The number of carbonyl (C=O) groups excluding carboxylic acids is 1. The van der Waals surface area contributed by atoms with Gasteiger partial charge in [0, 0.05) is 13.1 Å². The quantitative estimate of drug-likeness (QED) is 0.777. The zero-order chi connectivity index (χ0) is 16.1. The standard InChI is InChI=1S/C19H20ClNO2/c20-14-19(22)21-12-10-16(11-13-21)15-6-8-18(9-7-15)23-17-4-2-1-3-5-17/h1-9,16H,10-14H2. The number of likely N-dealkylation sites (tertiary alicyclic amines) is 1. The van der Waals surface area contributed by atoms with E-state index in [-0.39, 0.29) is 11.8 Å². The first kappa shape index (κ1) is 15.9. The van der Waals surface area contributed by atoms with Gasteiger partial charge < -0.3 is 9.64 Å². The zero-order valence-electron chi connectivity index (χ0n) is 13.0. The molecular formula is C19H20ClNO2. The van der Waals surface area contributed by atoms with E-state index in [1.54, 1.807) is 0 Å². The number of nitrogens with zero attached hydrogens (tertiary/aromatic N) is 1. The summed E-state index contributed by atoms with van der Waals surface area (Å²) in [4.78, 5) is 13.5. The van der Waals surface area contributed by atoms with E-state index >= 15 is 0 Å². The van der Waals surface area contributed by atoms with Crippen LogP contribution >= 0.6 is 11.6 Å². The molecule has 4 heteroatoms. The maximum Gasteiger partial charge on any atom is 0.237 e. The molecule has 1 fully saturated rings. The lowest BCUT2D eigenvalue weighted by Crippen LogP contribution is -2.38. The van der Waals surface area contributed by atoms with Gasteiger partial charge in [0.2, 0.25) is 5.91 Å². The summed E-state index contributed by atoms with van der Waals surface area (Å²) in [7, 11) is 0. The minimum Gasteiger partial charge on any atom is -0.457 e. The largest absolute Gasteiger partial charge is 0.457 e. The van der Waals surface area contributed by atoms with Gasteiger partial charge in [-0.3, -0.25) is 4.79 Å². The van der Waals surface area contributed by atoms with Crippen molar-refractivity contribution in [3.05, 3.63) is 60.2 Å². The van der Waals surface area contributed by atoms with Gasteiger partial charge in [-0.1, -0.05) is 30.3 Å². The van der Waals surface area contributed by atoms with Crippen molar-refractivity contribution in [2.24, 2.45) is 0 Å². The van der Waals surface area contributed by atoms with E-state index in [9.17, 15) is 4.79 Å². The first-order valence-corrected chi connectivity index (χ1v) is 8.46. The Bertz CT molecular complexity index is 634. The number of para-hydroxylation sites is 1. The van der Waals surface area contributed by atoms with Crippen LogP contribution in [0.2, 0.25) is 0 Å². The molecule has 0 aliphatic carbocycles. The number of rotatable bonds is 4. The molecule has 0 bridgehead atoms. The Balaban J connectivity index is 1.59. The number of amides is 1. The number of hydrogen-bond donors (Lipinski definition) is 0. The maximum absolute atomic E-state index is 11.6. The lowest BCUT2D eigenvalue weighted by Gasteiger charge is -2.31. The minimum atomic E-state index is 0.0386. The van der Waals surface area contributed by atoms with E-state index < -0.39 is 0 Å². The summed E-state index contributed by atoms with van der Waals surface area (Å²) in [5.41, 5.74) is 1.31. The second-order valence-electron chi connectivity index (χ2n) is 5.77. The molecule has 1 saturated heterocycles. The summed E-state index contributed by atoms with van der Waals surface area (Å²) in [5.74, 6) is 2.30. The van der Waals surface area contributed by atoms with Crippen molar-refractivity contribution < 1.29 is 9.53 Å². The van der Waals surface area contributed by atoms with E-state index in [4.69, 9.17) is 16.3 Å². The van der Waals surface area contributed by atoms with E-state index in [0.717, 1.165) is 37.4 Å². The Morgan fingerprint density at radius 1 is 1.00 bits per heavy atom. The summed E-state index contributed by atoms with van der Waals surface area (Å²) in [6.07, 6.45) is 1.98. The van der Waals surface area contributed by atoms with Crippen LogP contribution in [0.4, 0.5) is 0 Å². The SMILES string of the molecule is O=C(CCl)N1CCC(c2ccc(Oc3ccccc3)cc2)CC1. The summed E-state index contributed by atoms with van der Waals surface area (Å²) in [6, 6.07) is 18.0. The van der Waals surface area contributed by atoms with Crippen molar-refractivity contribution in [2.75, 3.05) is 19.0 Å². The van der Waals surface area contributed by atoms with Gasteiger partial charge in [-0.2, -0.15) is 0 Å². The number of ether oxygens (including phenoxy) is 1. The molecule has 2 aromatic carbocycles. The summed E-state index contributed by atoms with van der Waals surface area (Å²) in [5, 5.41) is 0. The highest BCUT2D eigenvalue weighted by molar-refractivity contribution is 6.27. The van der Waals surface area contributed by atoms with Gasteiger partial charge in [-0.25, -0.2) is 0 Å². The highest BCUT2D eigenvalue weighted by Gasteiger charge is 2.23. The highest BCUT2D eigenvalue weighted by atomic mass is 35.5. The number of hydrogen-bond acceptors (Lipinski definition) is 2. The second kappa shape index (κ2) is 7.51. The van der Waals surface area contributed by atoms with Crippen molar-refractivity contribution in [3.8, 4) is 11.5 Å². The average molecular weight is 330 g/mol. The first-order valence-electron chi connectivity index (χ1n) is 7.93. The highest BCUT2D eigenvalue weighted by Crippen LogP contribution is 2.30. The molecule has 0 spiro atoms. The molecule has 0 unspecified atom stereocenters. The molecule has 0 radical (unpaired) electrons. The predicted octanol–water partition coefficient (Wildman–Crippen LogP) is 4.42. The van der Waals surface area contributed by atoms with Gasteiger partial charge in [-0.15, -0.1) is 11.6 Å². The first-order chi connectivity index (χ1) is 11.3. The smallest absolute Gasteiger partial charge is 0.237 e. The molecule has 120 valence electrons. The summed E-state index contributed by atoms with van der Waals surface area (Å²) in [6.45, 7) is 1.58. The van der Waals surface area contributed by atoms with Crippen molar-refractivity contribution in [1.29, 1.82) is 0 Å². The zero-order valence-corrected chi connectivity index (χ0v) is 13.7. The van der Waals surface area contributed by atoms with Crippen LogP contribution in [-0.2, 0) is 4.79 Å². The lowest BCUT2D eigenvalue weighted by molar-refractivity contribution is -0.129. The van der Waals surface area contributed by atoms with E-state index in [0.29, 0.717) is 5.92 Å². The third-order valence-electron chi connectivity index (χ3n) is 4.29. The van der Waals surface area contributed by atoms with Crippen LogP contribution < -0.4 is 4.74 Å². The predicted molar refractivity (Wildman–Crippen MR) is 92.2 cm³/mol. The fourth-order valence-corrected chi connectivity index (χ4v) is 3.15. The number of halogens is 1. The molecule has 1 aliphatic rings. The van der Waals surface area contributed by atoms with Crippen LogP contribution in [0, 0.1) is 0 Å². The molecule has 23 heavy (non-hydrogen) atoms. The van der Waals surface area contributed by atoms with Crippen molar-refractivity contribution in [3.63, 3.8) is 0 Å². The molecule has 1 amide bonds. The van der Waals surface area contributed by atoms with Crippen LogP contribution in [0.3, 0.4) is 0 Å². The molecule has 2 aromatic rings. The van der Waals surface area contributed by atoms with E-state index in [2.05, 4.69) is 12.1 Å². The Morgan fingerprint density at radius 3 is 2.22 bits per heavy atom. The van der Waals surface area contributed by atoms with Crippen molar-refractivity contribution in [1.82, 2.24) is 4.90 Å². The molecular weight excluding hydrogens is 310 g/mol. The third kappa shape index (κ3) is 4.05. The van der Waals surface area contributed by atoms with Crippen molar-refractivity contribution >= 4 is 17.5 Å². The Labute approximate surface area is 141 Å². The Morgan fingerprint density at radius 2 is 1.61 bits per heavy atom. The molecule has 3 nitrogen and oxygen atoms in total. The second-order valence-corrected chi connectivity index (χ2v) is 6.04. The van der Waals surface area contributed by atoms with Gasteiger partial charge in [0.25, 0.3) is 0 Å².